The van der Waals surface area contributed by atoms with Crippen molar-refractivity contribution in [1.29, 1.82) is 0 Å². The molecule has 0 saturated carbocycles. The van der Waals surface area contributed by atoms with E-state index in [-0.39, 0.29) is 0 Å². The summed E-state index contributed by atoms with van der Waals surface area (Å²) in [6.07, 6.45) is 0. The zero-order chi connectivity index (χ0) is 12.6. The Balaban J connectivity index is 2.27. The Labute approximate surface area is 102 Å². The van der Waals surface area contributed by atoms with E-state index in [1.54, 1.807) is 6.07 Å². The summed E-state index contributed by atoms with van der Waals surface area (Å²) in [4.78, 5) is 0.415. The van der Waals surface area contributed by atoms with Gasteiger partial charge < -0.3 is 5.73 Å². The fourth-order valence-electron chi connectivity index (χ4n) is 2.10. The fourth-order valence-corrected chi connectivity index (χ4v) is 3.89. The molecule has 0 atom stereocenters. The number of nitrogens with zero attached hydrogens (tertiary/aromatic N) is 1. The van der Waals surface area contributed by atoms with E-state index in [4.69, 9.17) is 5.73 Å². The molecule has 0 radical (unpaired) electrons. The summed E-state index contributed by atoms with van der Waals surface area (Å²) in [5.74, 6) is 0.315. The molecule has 0 aliphatic carbocycles. The molecule has 2 rings (SSSR count). The molecular formula is C12H18N2O2S. The highest BCUT2D eigenvalue weighted by Crippen LogP contribution is 2.26. The number of sulfonamides is 1. The first-order valence-electron chi connectivity index (χ1n) is 5.72. The van der Waals surface area contributed by atoms with E-state index in [2.05, 4.69) is 0 Å². The van der Waals surface area contributed by atoms with Gasteiger partial charge in [0, 0.05) is 13.1 Å². The van der Waals surface area contributed by atoms with E-state index in [9.17, 15) is 8.42 Å². The highest BCUT2D eigenvalue weighted by molar-refractivity contribution is 7.89. The summed E-state index contributed by atoms with van der Waals surface area (Å²) in [7, 11) is -3.31. The van der Waals surface area contributed by atoms with Crippen molar-refractivity contribution in [2.75, 3.05) is 19.6 Å². The topological polar surface area (TPSA) is 63.4 Å². The highest BCUT2D eigenvalue weighted by Gasteiger charge is 2.36. The predicted molar refractivity (Wildman–Crippen MR) is 67.2 cm³/mol. The van der Waals surface area contributed by atoms with Gasteiger partial charge in [-0.3, -0.25) is 0 Å². The third-order valence-electron chi connectivity index (χ3n) is 3.21. The van der Waals surface area contributed by atoms with Gasteiger partial charge in [-0.1, -0.05) is 17.7 Å². The Bertz CT molecular complexity index is 519. The molecule has 0 spiro atoms. The van der Waals surface area contributed by atoms with Crippen LogP contribution in [0.15, 0.2) is 23.1 Å². The first-order chi connectivity index (χ1) is 7.95. The van der Waals surface area contributed by atoms with Crippen LogP contribution in [0.1, 0.15) is 11.1 Å². The predicted octanol–water partition coefficient (Wildman–Crippen LogP) is 0.883. The van der Waals surface area contributed by atoms with Crippen molar-refractivity contribution in [3.05, 3.63) is 29.3 Å². The molecule has 0 amide bonds. The molecule has 1 aliphatic rings. The number of hydrogen-bond donors (Lipinski definition) is 1. The smallest absolute Gasteiger partial charge is 0.243 e. The zero-order valence-corrected chi connectivity index (χ0v) is 11.0. The minimum absolute atomic E-state index is 0.315. The van der Waals surface area contributed by atoms with Gasteiger partial charge in [0.25, 0.3) is 0 Å². The van der Waals surface area contributed by atoms with Crippen molar-refractivity contribution in [2.45, 2.75) is 18.7 Å². The van der Waals surface area contributed by atoms with Crippen LogP contribution in [0.25, 0.3) is 0 Å². The molecular weight excluding hydrogens is 236 g/mol. The standard InChI is InChI=1S/C12H18N2O2S/c1-9-3-4-12(10(2)5-9)17(15,16)14-7-11(6-13)8-14/h3-5,11H,6-8,13H2,1-2H3. The molecule has 1 aromatic carbocycles. The van der Waals surface area contributed by atoms with Crippen molar-refractivity contribution in [3.63, 3.8) is 0 Å². The van der Waals surface area contributed by atoms with E-state index >= 15 is 0 Å². The summed E-state index contributed by atoms with van der Waals surface area (Å²) < 4.78 is 26.1. The van der Waals surface area contributed by atoms with E-state index in [0.29, 0.717) is 30.4 Å². The second kappa shape index (κ2) is 4.40. The Morgan fingerprint density at radius 2 is 2.00 bits per heavy atom. The van der Waals surface area contributed by atoms with Gasteiger partial charge in [0.2, 0.25) is 10.0 Å². The van der Waals surface area contributed by atoms with Crippen LogP contribution in [0, 0.1) is 19.8 Å². The fraction of sp³-hybridized carbons (Fsp3) is 0.500. The SMILES string of the molecule is Cc1ccc(S(=O)(=O)N2CC(CN)C2)c(C)c1. The number of aryl methyl sites for hydroxylation is 2. The van der Waals surface area contributed by atoms with Gasteiger partial charge in [0.05, 0.1) is 4.90 Å². The van der Waals surface area contributed by atoms with E-state index in [1.807, 2.05) is 26.0 Å². The van der Waals surface area contributed by atoms with Gasteiger partial charge >= 0.3 is 0 Å². The molecule has 5 heteroatoms. The zero-order valence-electron chi connectivity index (χ0n) is 10.2. The maximum atomic E-state index is 12.3. The first-order valence-corrected chi connectivity index (χ1v) is 7.16. The number of rotatable bonds is 3. The van der Waals surface area contributed by atoms with Crippen LogP contribution in [-0.2, 0) is 10.0 Å². The molecule has 4 nitrogen and oxygen atoms in total. The highest BCUT2D eigenvalue weighted by atomic mass is 32.2. The van der Waals surface area contributed by atoms with Gasteiger partial charge in [0.15, 0.2) is 0 Å². The molecule has 0 bridgehead atoms. The lowest BCUT2D eigenvalue weighted by Crippen LogP contribution is -2.52. The van der Waals surface area contributed by atoms with Gasteiger partial charge in [0.1, 0.15) is 0 Å². The van der Waals surface area contributed by atoms with E-state index in [0.717, 1.165) is 11.1 Å². The first kappa shape index (κ1) is 12.5. The molecule has 0 aromatic heterocycles. The van der Waals surface area contributed by atoms with Crippen LogP contribution in [0.2, 0.25) is 0 Å². The Kier molecular flexibility index (Phi) is 3.25. The van der Waals surface area contributed by atoms with Crippen LogP contribution in [-0.4, -0.2) is 32.4 Å². The third kappa shape index (κ3) is 2.22. The molecule has 94 valence electrons. The minimum Gasteiger partial charge on any atom is -0.330 e. The maximum Gasteiger partial charge on any atom is 0.243 e. The van der Waals surface area contributed by atoms with Crippen molar-refractivity contribution < 1.29 is 8.42 Å². The second-order valence-electron chi connectivity index (χ2n) is 4.69. The van der Waals surface area contributed by atoms with Crippen LogP contribution < -0.4 is 5.73 Å². The minimum atomic E-state index is -3.31. The largest absolute Gasteiger partial charge is 0.330 e. The second-order valence-corrected chi connectivity index (χ2v) is 6.60. The quantitative estimate of drug-likeness (QED) is 0.871. The van der Waals surface area contributed by atoms with Crippen molar-refractivity contribution >= 4 is 10.0 Å². The molecule has 0 unspecified atom stereocenters. The summed E-state index contributed by atoms with van der Waals surface area (Å²) >= 11 is 0. The van der Waals surface area contributed by atoms with Gasteiger partial charge in [-0.05, 0) is 37.9 Å². The van der Waals surface area contributed by atoms with E-state index < -0.39 is 10.0 Å². The van der Waals surface area contributed by atoms with Gasteiger partial charge in [-0.2, -0.15) is 4.31 Å². The molecule has 2 N–H and O–H groups in total. The number of benzene rings is 1. The Hall–Kier alpha value is -0.910. The average Bonchev–Trinajstić information content (AvgIpc) is 2.14. The van der Waals surface area contributed by atoms with Crippen molar-refractivity contribution in [2.24, 2.45) is 11.7 Å². The lowest BCUT2D eigenvalue weighted by Gasteiger charge is -2.37. The van der Waals surface area contributed by atoms with Crippen LogP contribution in [0.4, 0.5) is 0 Å². The summed E-state index contributed by atoms with van der Waals surface area (Å²) in [5.41, 5.74) is 7.39. The monoisotopic (exact) mass is 254 g/mol. The Morgan fingerprint density at radius 1 is 1.35 bits per heavy atom. The van der Waals surface area contributed by atoms with Gasteiger partial charge in [-0.25, -0.2) is 8.42 Å². The van der Waals surface area contributed by atoms with Crippen LogP contribution in [0.3, 0.4) is 0 Å². The Morgan fingerprint density at radius 3 is 2.53 bits per heavy atom. The van der Waals surface area contributed by atoms with Crippen LogP contribution in [0.5, 0.6) is 0 Å². The molecule has 1 aliphatic heterocycles. The molecule has 1 fully saturated rings. The lowest BCUT2D eigenvalue weighted by molar-refractivity contribution is 0.207. The molecule has 1 heterocycles. The summed E-state index contributed by atoms with van der Waals surface area (Å²) in [6, 6.07) is 5.42. The molecule has 17 heavy (non-hydrogen) atoms. The molecule has 1 aromatic rings. The normalized spacial score (nSPS) is 18.1. The van der Waals surface area contributed by atoms with Gasteiger partial charge in [-0.15, -0.1) is 0 Å². The number of hydrogen-bond acceptors (Lipinski definition) is 3. The lowest BCUT2D eigenvalue weighted by atomic mass is 10.0. The van der Waals surface area contributed by atoms with Crippen molar-refractivity contribution in [3.8, 4) is 0 Å². The number of nitrogens with two attached hydrogens (primary N) is 1. The van der Waals surface area contributed by atoms with E-state index in [1.165, 1.54) is 4.31 Å². The van der Waals surface area contributed by atoms with Crippen LogP contribution >= 0.6 is 0 Å². The molecule has 1 saturated heterocycles. The third-order valence-corrected chi connectivity index (χ3v) is 5.20. The van der Waals surface area contributed by atoms with Crippen molar-refractivity contribution in [1.82, 2.24) is 4.31 Å². The maximum absolute atomic E-state index is 12.3. The summed E-state index contributed by atoms with van der Waals surface area (Å²) in [6.45, 7) is 5.44. The average molecular weight is 254 g/mol. The summed E-state index contributed by atoms with van der Waals surface area (Å²) in [5, 5.41) is 0.